The van der Waals surface area contributed by atoms with Gasteiger partial charge in [0.1, 0.15) is 5.69 Å². The van der Waals surface area contributed by atoms with Gasteiger partial charge in [-0.25, -0.2) is 4.68 Å². The van der Waals surface area contributed by atoms with Crippen molar-refractivity contribution in [2.45, 2.75) is 13.8 Å². The van der Waals surface area contributed by atoms with E-state index in [9.17, 15) is 9.59 Å². The third-order valence-electron chi connectivity index (χ3n) is 4.18. The molecule has 1 heterocycles. The third kappa shape index (κ3) is 3.64. The highest BCUT2D eigenvalue weighted by Crippen LogP contribution is 2.25. The smallest absolute Gasteiger partial charge is 0.255 e. The Morgan fingerprint density at radius 3 is 2.46 bits per heavy atom. The Bertz CT molecular complexity index is 961. The minimum absolute atomic E-state index is 0.221. The Balaban J connectivity index is 2.08. The molecule has 0 spiro atoms. The average molecular weight is 348 g/mol. The number of carbonyl (C=O) groups excluding carboxylic acids is 2. The molecule has 0 atom stereocenters. The van der Waals surface area contributed by atoms with Gasteiger partial charge in [-0.2, -0.15) is 5.10 Å². The van der Waals surface area contributed by atoms with Crippen LogP contribution in [0, 0.1) is 13.8 Å². The predicted octanol–water partition coefficient (Wildman–Crippen LogP) is 2.37. The summed E-state index contributed by atoms with van der Waals surface area (Å²) < 4.78 is 1.66. The fraction of sp³-hybridized carbons (Fsp3) is 0.150. The molecule has 0 aliphatic rings. The van der Waals surface area contributed by atoms with E-state index in [-0.39, 0.29) is 12.5 Å². The van der Waals surface area contributed by atoms with Crippen LogP contribution in [0.2, 0.25) is 0 Å². The summed E-state index contributed by atoms with van der Waals surface area (Å²) in [6.07, 6.45) is 1.66. The molecule has 26 heavy (non-hydrogen) atoms. The Labute approximate surface area is 151 Å². The van der Waals surface area contributed by atoms with E-state index in [4.69, 9.17) is 5.73 Å². The van der Waals surface area contributed by atoms with E-state index in [0.29, 0.717) is 11.3 Å². The first-order valence-corrected chi connectivity index (χ1v) is 8.25. The maximum atomic E-state index is 12.6. The van der Waals surface area contributed by atoms with E-state index in [2.05, 4.69) is 10.4 Å². The lowest BCUT2D eigenvalue weighted by molar-refractivity contribution is -0.117. The van der Waals surface area contributed by atoms with E-state index in [1.165, 1.54) is 0 Å². The van der Waals surface area contributed by atoms with Crippen molar-refractivity contribution in [2.24, 2.45) is 5.73 Å². The van der Waals surface area contributed by atoms with Crippen LogP contribution in [0.15, 0.2) is 54.7 Å². The van der Waals surface area contributed by atoms with Crippen LogP contribution >= 0.6 is 0 Å². The highest BCUT2D eigenvalue weighted by Gasteiger charge is 2.19. The first-order valence-electron chi connectivity index (χ1n) is 8.25. The summed E-state index contributed by atoms with van der Waals surface area (Å²) in [5.74, 6) is -0.985. The number of hydrogen-bond donors (Lipinski definition) is 2. The monoisotopic (exact) mass is 348 g/mol. The highest BCUT2D eigenvalue weighted by atomic mass is 16.2. The molecular weight excluding hydrogens is 328 g/mol. The Kier molecular flexibility index (Phi) is 4.84. The number of hydrogen-bond acceptors (Lipinski definition) is 3. The van der Waals surface area contributed by atoms with Crippen molar-refractivity contribution in [1.82, 2.24) is 15.1 Å². The lowest BCUT2D eigenvalue weighted by Gasteiger charge is -2.06. The van der Waals surface area contributed by atoms with Gasteiger partial charge in [-0.15, -0.1) is 0 Å². The van der Waals surface area contributed by atoms with Crippen LogP contribution in [0.4, 0.5) is 0 Å². The zero-order valence-corrected chi connectivity index (χ0v) is 14.7. The Morgan fingerprint density at radius 2 is 1.81 bits per heavy atom. The molecule has 2 aromatic carbocycles. The van der Waals surface area contributed by atoms with Gasteiger partial charge >= 0.3 is 0 Å². The van der Waals surface area contributed by atoms with Crippen molar-refractivity contribution >= 4 is 11.8 Å². The number of nitrogens with two attached hydrogens (primary N) is 1. The number of primary amides is 1. The Hall–Kier alpha value is -3.41. The maximum absolute atomic E-state index is 12.6. The second-order valence-corrected chi connectivity index (χ2v) is 6.12. The first kappa shape index (κ1) is 17.4. The number of rotatable bonds is 5. The van der Waals surface area contributed by atoms with E-state index < -0.39 is 5.91 Å². The fourth-order valence-corrected chi connectivity index (χ4v) is 2.62. The second kappa shape index (κ2) is 7.23. The molecule has 0 unspecified atom stereocenters. The number of nitrogens with zero attached hydrogens (tertiary/aromatic N) is 2. The van der Waals surface area contributed by atoms with Gasteiger partial charge in [0.25, 0.3) is 5.91 Å². The summed E-state index contributed by atoms with van der Waals surface area (Å²) in [4.78, 5) is 23.6. The van der Waals surface area contributed by atoms with Gasteiger partial charge in [-0.1, -0.05) is 30.3 Å². The predicted molar refractivity (Wildman–Crippen MR) is 100 cm³/mol. The van der Waals surface area contributed by atoms with Gasteiger partial charge in [-0.05, 0) is 43.2 Å². The van der Waals surface area contributed by atoms with Gasteiger partial charge < -0.3 is 11.1 Å². The molecule has 0 saturated heterocycles. The van der Waals surface area contributed by atoms with Crippen LogP contribution in [0.25, 0.3) is 16.9 Å². The van der Waals surface area contributed by atoms with Crippen molar-refractivity contribution in [3.05, 3.63) is 71.4 Å². The lowest BCUT2D eigenvalue weighted by Crippen LogP contribution is -2.33. The average Bonchev–Trinajstić information content (AvgIpc) is 3.08. The normalized spacial score (nSPS) is 10.5. The van der Waals surface area contributed by atoms with Crippen LogP contribution < -0.4 is 11.1 Å². The van der Waals surface area contributed by atoms with Gasteiger partial charge in [-0.3, -0.25) is 9.59 Å². The van der Waals surface area contributed by atoms with Gasteiger partial charge in [0.05, 0.1) is 17.8 Å². The summed E-state index contributed by atoms with van der Waals surface area (Å²) >= 11 is 0. The Morgan fingerprint density at radius 1 is 1.08 bits per heavy atom. The third-order valence-corrected chi connectivity index (χ3v) is 4.18. The van der Waals surface area contributed by atoms with Crippen LogP contribution in [0.3, 0.4) is 0 Å². The molecule has 0 fully saturated rings. The SMILES string of the molecule is Cc1ccc(-c2nn(-c3ccccc3)cc2C(=O)NCC(N)=O)cc1C. The molecule has 0 saturated carbocycles. The summed E-state index contributed by atoms with van der Waals surface area (Å²) in [6.45, 7) is 3.82. The van der Waals surface area contributed by atoms with Crippen molar-refractivity contribution in [3.63, 3.8) is 0 Å². The van der Waals surface area contributed by atoms with E-state index in [1.807, 2.05) is 62.4 Å². The number of aromatic nitrogens is 2. The number of amides is 2. The topological polar surface area (TPSA) is 90.0 Å². The lowest BCUT2D eigenvalue weighted by atomic mass is 10.0. The van der Waals surface area contributed by atoms with Crippen LogP contribution in [0.1, 0.15) is 21.5 Å². The molecule has 0 aliphatic heterocycles. The largest absolute Gasteiger partial charge is 0.368 e. The number of benzene rings is 2. The van der Waals surface area contributed by atoms with Crippen LogP contribution in [0.5, 0.6) is 0 Å². The molecule has 6 heteroatoms. The summed E-state index contributed by atoms with van der Waals surface area (Å²) in [6, 6.07) is 15.5. The van der Waals surface area contributed by atoms with Crippen molar-refractivity contribution in [3.8, 4) is 16.9 Å². The summed E-state index contributed by atoms with van der Waals surface area (Å²) in [5.41, 5.74) is 10.0. The van der Waals surface area contributed by atoms with E-state index in [1.54, 1.807) is 10.9 Å². The minimum atomic E-state index is -0.596. The van der Waals surface area contributed by atoms with Gasteiger partial charge in [0.2, 0.25) is 5.91 Å². The zero-order valence-electron chi connectivity index (χ0n) is 14.7. The second-order valence-electron chi connectivity index (χ2n) is 6.12. The molecule has 2 amide bonds. The number of aryl methyl sites for hydroxylation is 2. The molecular formula is C20H20N4O2. The maximum Gasteiger partial charge on any atom is 0.255 e. The number of para-hydroxylation sites is 1. The molecule has 0 aliphatic carbocycles. The standard InChI is InChI=1S/C20H20N4O2/c1-13-8-9-15(10-14(13)2)19-17(20(26)22-11-18(21)25)12-24(23-19)16-6-4-3-5-7-16/h3-10,12H,11H2,1-2H3,(H2,21,25)(H,22,26). The van der Waals surface area contributed by atoms with Crippen LogP contribution in [-0.2, 0) is 4.79 Å². The first-order chi connectivity index (χ1) is 12.5. The minimum Gasteiger partial charge on any atom is -0.368 e. The van der Waals surface area contributed by atoms with Crippen molar-refractivity contribution < 1.29 is 9.59 Å². The molecule has 0 radical (unpaired) electrons. The highest BCUT2D eigenvalue weighted by molar-refractivity contribution is 6.01. The van der Waals surface area contributed by atoms with Gasteiger partial charge in [0, 0.05) is 11.8 Å². The molecule has 3 rings (SSSR count). The van der Waals surface area contributed by atoms with Crippen molar-refractivity contribution in [1.29, 1.82) is 0 Å². The van der Waals surface area contributed by atoms with E-state index in [0.717, 1.165) is 22.4 Å². The fourth-order valence-electron chi connectivity index (χ4n) is 2.62. The molecule has 1 aromatic heterocycles. The van der Waals surface area contributed by atoms with Crippen molar-refractivity contribution in [2.75, 3.05) is 6.54 Å². The summed E-state index contributed by atoms with van der Waals surface area (Å²) in [7, 11) is 0. The summed E-state index contributed by atoms with van der Waals surface area (Å²) in [5, 5.41) is 7.14. The van der Waals surface area contributed by atoms with Crippen LogP contribution in [-0.4, -0.2) is 28.1 Å². The van der Waals surface area contributed by atoms with Gasteiger partial charge in [0.15, 0.2) is 0 Å². The quantitative estimate of drug-likeness (QED) is 0.742. The molecule has 132 valence electrons. The molecule has 3 aromatic rings. The number of carbonyl (C=O) groups is 2. The number of nitrogens with one attached hydrogen (secondary N) is 1. The van der Waals surface area contributed by atoms with E-state index >= 15 is 0 Å². The molecule has 0 bridgehead atoms. The zero-order chi connectivity index (χ0) is 18.7. The molecule has 6 nitrogen and oxygen atoms in total. The molecule has 3 N–H and O–H groups in total.